The number of primary amides is 1. The maximum atomic E-state index is 16.0. The van der Waals surface area contributed by atoms with Crippen LogP contribution in [-0.2, 0) is 4.74 Å². The molecule has 4 rings (SSSR count). The zero-order valence-corrected chi connectivity index (χ0v) is 23.7. The zero-order chi connectivity index (χ0) is 28.6. The van der Waals surface area contributed by atoms with E-state index in [9.17, 15) is 4.79 Å². The number of methoxy groups -OCH3 is 2. The van der Waals surface area contributed by atoms with E-state index >= 15 is 4.39 Å². The van der Waals surface area contributed by atoms with Gasteiger partial charge in [-0.1, -0.05) is 41.9 Å². The highest BCUT2D eigenvalue weighted by molar-refractivity contribution is 6.33. The van der Waals surface area contributed by atoms with Crippen molar-refractivity contribution in [2.24, 2.45) is 11.5 Å². The Morgan fingerprint density at radius 1 is 1.05 bits per heavy atom. The largest absolute Gasteiger partial charge is 0.496 e. The quantitative estimate of drug-likeness (QED) is 0.256. The van der Waals surface area contributed by atoms with Gasteiger partial charge in [0.2, 0.25) is 5.91 Å². The van der Waals surface area contributed by atoms with Gasteiger partial charge in [-0.2, -0.15) is 0 Å². The number of nitrogens with two attached hydrogens (primary N) is 2. The molecule has 0 aliphatic heterocycles. The first-order valence-electron chi connectivity index (χ1n) is 13.5. The fourth-order valence-corrected chi connectivity index (χ4v) is 5.53. The third-order valence-electron chi connectivity index (χ3n) is 7.47. The van der Waals surface area contributed by atoms with E-state index < -0.39 is 11.7 Å². The lowest BCUT2D eigenvalue weighted by atomic mass is 9.86. The van der Waals surface area contributed by atoms with Crippen LogP contribution >= 0.6 is 11.6 Å². The lowest BCUT2D eigenvalue weighted by Gasteiger charge is -2.30. The molecule has 0 heterocycles. The Labute approximate surface area is 239 Å². The summed E-state index contributed by atoms with van der Waals surface area (Å²) in [4.78, 5) is 12.4. The summed E-state index contributed by atoms with van der Waals surface area (Å²) in [5.41, 5.74) is 14.0. The molecule has 1 saturated carbocycles. The molecule has 0 radical (unpaired) electrons. The third kappa shape index (κ3) is 6.93. The number of halogens is 2. The summed E-state index contributed by atoms with van der Waals surface area (Å²) in [6, 6.07) is 16.9. The van der Waals surface area contributed by atoms with Crippen LogP contribution in [-0.4, -0.2) is 52.0 Å². The number of nitrogens with one attached hydrogen (secondary N) is 1. The third-order valence-corrected chi connectivity index (χ3v) is 7.78. The minimum atomic E-state index is -0.775. The summed E-state index contributed by atoms with van der Waals surface area (Å²) < 4.78 is 32.3. The van der Waals surface area contributed by atoms with Gasteiger partial charge in [-0.25, -0.2) is 4.39 Å². The van der Waals surface area contributed by atoms with Gasteiger partial charge in [-0.3, -0.25) is 4.79 Å². The minimum Gasteiger partial charge on any atom is -0.496 e. The maximum Gasteiger partial charge on any atom is 0.249 e. The van der Waals surface area contributed by atoms with Crippen LogP contribution < -0.4 is 26.3 Å². The first-order valence-corrected chi connectivity index (χ1v) is 13.9. The average molecular weight is 570 g/mol. The smallest absolute Gasteiger partial charge is 0.249 e. The van der Waals surface area contributed by atoms with Crippen LogP contribution in [0.4, 0.5) is 4.39 Å². The second kappa shape index (κ2) is 13.9. The lowest BCUT2D eigenvalue weighted by Crippen LogP contribution is -2.39. The molecule has 214 valence electrons. The Morgan fingerprint density at radius 3 is 2.42 bits per heavy atom. The number of carbonyl (C=O) groups is 1. The van der Waals surface area contributed by atoms with Gasteiger partial charge in [0.25, 0.3) is 0 Å². The highest BCUT2D eigenvalue weighted by atomic mass is 35.5. The molecule has 0 bridgehead atoms. The maximum absolute atomic E-state index is 16.0. The first kappa shape index (κ1) is 29.8. The fraction of sp³-hybridized carbons (Fsp3) is 0.387. The van der Waals surface area contributed by atoms with Gasteiger partial charge >= 0.3 is 0 Å². The van der Waals surface area contributed by atoms with Crippen LogP contribution in [0.1, 0.15) is 53.1 Å². The Bertz CT molecular complexity index is 1300. The molecule has 1 fully saturated rings. The highest BCUT2D eigenvalue weighted by Crippen LogP contribution is 2.43. The fourth-order valence-electron chi connectivity index (χ4n) is 5.29. The molecule has 0 aromatic heterocycles. The van der Waals surface area contributed by atoms with Crippen LogP contribution in [0.15, 0.2) is 54.6 Å². The topological polar surface area (TPSA) is 109 Å². The summed E-state index contributed by atoms with van der Waals surface area (Å²) >= 11 is 6.72. The minimum absolute atomic E-state index is 0.00235. The standard InChI is InChI=1S/C31H37ClFN3O4/c1-38-14-15-40-27-13-12-22(31(35)37)29(30(27)33)24-16-23(28(39-2)17-26(24)32)25(19-6-4-3-5-7-19)18-36-21-10-8-20(34)9-11-21/h3-7,12-13,16-17,20-21,25,36H,8-11,14-15,18,34H2,1-2H3,(H2,35,37). The van der Waals surface area contributed by atoms with Crippen LogP contribution in [0.25, 0.3) is 11.1 Å². The summed E-state index contributed by atoms with van der Waals surface area (Å²) in [5, 5.41) is 3.94. The number of hydrogen-bond acceptors (Lipinski definition) is 6. The monoisotopic (exact) mass is 569 g/mol. The van der Waals surface area contributed by atoms with Crippen molar-refractivity contribution in [2.45, 2.75) is 43.7 Å². The van der Waals surface area contributed by atoms with Gasteiger partial charge in [0.05, 0.1) is 24.3 Å². The molecule has 1 aliphatic carbocycles. The van der Waals surface area contributed by atoms with E-state index in [2.05, 4.69) is 17.4 Å². The number of amides is 1. The molecule has 5 N–H and O–H groups in total. The van der Waals surface area contributed by atoms with Crippen LogP contribution in [0.3, 0.4) is 0 Å². The van der Waals surface area contributed by atoms with Crippen molar-refractivity contribution in [2.75, 3.05) is 34.0 Å². The Hall–Kier alpha value is -3.17. The van der Waals surface area contributed by atoms with Crippen LogP contribution in [0.2, 0.25) is 5.02 Å². The van der Waals surface area contributed by atoms with Gasteiger partial charge < -0.3 is 31.0 Å². The number of hydrogen-bond donors (Lipinski definition) is 3. The van der Waals surface area contributed by atoms with Gasteiger partial charge in [0.1, 0.15) is 12.4 Å². The number of benzene rings is 3. The molecule has 0 spiro atoms. The van der Waals surface area contributed by atoms with Crippen molar-refractivity contribution in [3.8, 4) is 22.6 Å². The normalized spacial score (nSPS) is 17.8. The summed E-state index contributed by atoms with van der Waals surface area (Å²) in [6.45, 7) is 1.03. The van der Waals surface area contributed by atoms with E-state index in [1.165, 1.54) is 19.2 Å². The summed E-state index contributed by atoms with van der Waals surface area (Å²) in [6.07, 6.45) is 3.99. The van der Waals surface area contributed by atoms with Crippen molar-refractivity contribution < 1.29 is 23.4 Å². The number of carbonyl (C=O) groups excluding carboxylic acids is 1. The molecule has 3 aromatic rings. The molecule has 1 atom stereocenters. The molecule has 1 unspecified atom stereocenters. The van der Waals surface area contributed by atoms with Gasteiger partial charge in [-0.05, 0) is 55.5 Å². The van der Waals surface area contributed by atoms with Gasteiger partial charge in [0, 0.05) is 48.3 Å². The van der Waals surface area contributed by atoms with Crippen molar-refractivity contribution in [1.82, 2.24) is 5.32 Å². The lowest BCUT2D eigenvalue weighted by molar-refractivity contribution is 0.1000. The molecule has 1 amide bonds. The van der Waals surface area contributed by atoms with E-state index in [0.29, 0.717) is 23.9 Å². The summed E-state index contributed by atoms with van der Waals surface area (Å²) in [5.74, 6) is -1.12. The Morgan fingerprint density at radius 2 is 1.77 bits per heavy atom. The number of ether oxygens (including phenoxy) is 3. The second-order valence-electron chi connectivity index (χ2n) is 10.1. The predicted octanol–water partition coefficient (Wildman–Crippen LogP) is 5.27. The predicted molar refractivity (Wildman–Crippen MR) is 156 cm³/mol. The second-order valence-corrected chi connectivity index (χ2v) is 10.5. The van der Waals surface area contributed by atoms with Gasteiger partial charge in [0.15, 0.2) is 11.6 Å². The molecule has 0 saturated heterocycles. The van der Waals surface area contributed by atoms with Crippen LogP contribution in [0, 0.1) is 5.82 Å². The first-order chi connectivity index (χ1) is 19.3. The highest BCUT2D eigenvalue weighted by Gasteiger charge is 2.27. The van der Waals surface area contributed by atoms with E-state index in [1.54, 1.807) is 19.2 Å². The van der Waals surface area contributed by atoms with Gasteiger partial charge in [-0.15, -0.1) is 0 Å². The van der Waals surface area contributed by atoms with E-state index in [0.717, 1.165) is 36.8 Å². The molecule has 3 aromatic carbocycles. The molecular weight excluding hydrogens is 533 g/mol. The van der Waals surface area contributed by atoms with Crippen molar-refractivity contribution in [3.63, 3.8) is 0 Å². The molecular formula is C31H37ClFN3O4. The van der Waals surface area contributed by atoms with Crippen molar-refractivity contribution in [1.29, 1.82) is 0 Å². The van der Waals surface area contributed by atoms with Crippen molar-refractivity contribution >= 4 is 17.5 Å². The Balaban J connectivity index is 1.81. The molecule has 7 nitrogen and oxygen atoms in total. The van der Waals surface area contributed by atoms with E-state index in [1.807, 2.05) is 18.2 Å². The molecule has 40 heavy (non-hydrogen) atoms. The van der Waals surface area contributed by atoms with E-state index in [4.69, 9.17) is 37.3 Å². The van der Waals surface area contributed by atoms with Crippen molar-refractivity contribution in [3.05, 3.63) is 82.1 Å². The van der Waals surface area contributed by atoms with E-state index in [-0.39, 0.29) is 47.1 Å². The number of rotatable bonds is 12. The SMILES string of the molecule is COCCOc1ccc(C(N)=O)c(-c2cc(C(CNC3CCC(N)CC3)c3ccccc3)c(OC)cc2Cl)c1F. The zero-order valence-electron chi connectivity index (χ0n) is 22.9. The average Bonchev–Trinajstić information content (AvgIpc) is 2.96. The molecule has 1 aliphatic rings. The molecule has 9 heteroatoms. The Kier molecular flexibility index (Phi) is 10.4. The summed E-state index contributed by atoms with van der Waals surface area (Å²) in [7, 11) is 3.10. The van der Waals surface area contributed by atoms with Crippen LogP contribution in [0.5, 0.6) is 11.5 Å².